The largest absolute Gasteiger partial charge is 0.301 e. The Labute approximate surface area is 169 Å². The van der Waals surface area contributed by atoms with Gasteiger partial charge in [0, 0.05) is 22.9 Å². The summed E-state index contributed by atoms with van der Waals surface area (Å²) >= 11 is 2.68. The van der Waals surface area contributed by atoms with Crippen LogP contribution in [0.4, 0.5) is 0 Å². The van der Waals surface area contributed by atoms with E-state index in [0.29, 0.717) is 22.8 Å². The van der Waals surface area contributed by atoms with Crippen LogP contribution in [-0.4, -0.2) is 9.85 Å². The molecule has 3 rings (SSSR count). The minimum absolute atomic E-state index is 0.341. The molecular formula is C18H18N4O4S2. The fourth-order valence-electron chi connectivity index (χ4n) is 2.66. The van der Waals surface area contributed by atoms with E-state index in [9.17, 15) is 20.2 Å². The van der Waals surface area contributed by atoms with E-state index in [-0.39, 0.29) is 9.85 Å². The second kappa shape index (κ2) is 9.51. The van der Waals surface area contributed by atoms with Crippen LogP contribution >= 0.6 is 22.7 Å². The van der Waals surface area contributed by atoms with Crippen molar-refractivity contribution in [2.75, 3.05) is 0 Å². The molecule has 0 saturated carbocycles. The molecule has 0 fully saturated rings. The van der Waals surface area contributed by atoms with Gasteiger partial charge in [-0.2, -0.15) is 0 Å². The third-order valence-corrected chi connectivity index (χ3v) is 5.92. The predicted molar refractivity (Wildman–Crippen MR) is 108 cm³/mol. The number of thiophene rings is 2. The molecule has 0 radical (unpaired) electrons. The zero-order valence-corrected chi connectivity index (χ0v) is 16.3. The Morgan fingerprint density at radius 1 is 0.750 bits per heavy atom. The van der Waals surface area contributed by atoms with Crippen LogP contribution in [-0.2, 0) is 13.1 Å². The Balaban J connectivity index is 1.56. The number of nitrogens with one attached hydrogen (secondary N) is 2. The van der Waals surface area contributed by atoms with Gasteiger partial charge in [-0.15, -0.1) is 22.7 Å². The van der Waals surface area contributed by atoms with E-state index in [0.717, 1.165) is 11.1 Å². The van der Waals surface area contributed by atoms with Crippen molar-refractivity contribution in [3.05, 3.63) is 100 Å². The molecule has 8 nitrogen and oxygen atoms in total. The van der Waals surface area contributed by atoms with E-state index in [1.165, 1.54) is 22.7 Å². The first-order valence-corrected chi connectivity index (χ1v) is 10.2. The van der Waals surface area contributed by atoms with Crippen LogP contribution in [0.2, 0.25) is 0 Å². The highest BCUT2D eigenvalue weighted by Gasteiger charge is 2.23. The first-order valence-electron chi connectivity index (χ1n) is 8.43. The Kier molecular flexibility index (Phi) is 6.82. The van der Waals surface area contributed by atoms with E-state index in [2.05, 4.69) is 10.6 Å². The van der Waals surface area contributed by atoms with Gasteiger partial charge in [0.2, 0.25) is 0 Å². The number of nitrogens with zero attached hydrogens (tertiary/aromatic N) is 2. The second-order valence-corrected chi connectivity index (χ2v) is 7.94. The average Bonchev–Trinajstić information content (AvgIpc) is 3.37. The number of hydrogen-bond acceptors (Lipinski definition) is 8. The van der Waals surface area contributed by atoms with Crippen LogP contribution < -0.4 is 10.6 Å². The summed E-state index contributed by atoms with van der Waals surface area (Å²) in [5.41, 5.74) is 1.80. The summed E-state index contributed by atoms with van der Waals surface area (Å²) in [6.07, 6.45) is -1.87. The lowest BCUT2D eigenvalue weighted by Crippen LogP contribution is -2.27. The van der Waals surface area contributed by atoms with Gasteiger partial charge in [-0.3, -0.25) is 20.2 Å². The van der Waals surface area contributed by atoms with Gasteiger partial charge in [0.15, 0.2) is 0 Å². The smallest absolute Gasteiger partial charge is 0.262 e. The molecule has 0 aliphatic carbocycles. The van der Waals surface area contributed by atoms with Gasteiger partial charge in [0.25, 0.3) is 0 Å². The highest BCUT2D eigenvalue weighted by atomic mass is 32.1. The van der Waals surface area contributed by atoms with Crippen molar-refractivity contribution in [1.82, 2.24) is 10.6 Å². The number of benzene rings is 1. The maximum absolute atomic E-state index is 11.3. The summed E-state index contributed by atoms with van der Waals surface area (Å²) in [7, 11) is 0. The zero-order valence-electron chi connectivity index (χ0n) is 14.7. The molecule has 0 bridgehead atoms. The van der Waals surface area contributed by atoms with E-state index in [1.807, 2.05) is 35.0 Å². The Hall–Kier alpha value is -2.66. The van der Waals surface area contributed by atoms with Gasteiger partial charge in [0.05, 0.1) is 9.75 Å². The SMILES string of the molecule is O=[N+]([O-])C(NCc1ccc(CNC(c2cccs2)[N+](=O)[O-])cc1)c1cccs1. The molecule has 0 amide bonds. The lowest BCUT2D eigenvalue weighted by Gasteiger charge is -2.12. The van der Waals surface area contributed by atoms with Crippen LogP contribution in [0.5, 0.6) is 0 Å². The van der Waals surface area contributed by atoms with Gasteiger partial charge in [0.1, 0.15) is 0 Å². The van der Waals surface area contributed by atoms with Crippen LogP contribution in [0.1, 0.15) is 33.2 Å². The van der Waals surface area contributed by atoms with Crippen molar-refractivity contribution < 1.29 is 9.85 Å². The average molecular weight is 419 g/mol. The van der Waals surface area contributed by atoms with Gasteiger partial charge in [-0.05, 0) is 34.0 Å². The summed E-state index contributed by atoms with van der Waals surface area (Å²) < 4.78 is 0. The molecule has 146 valence electrons. The van der Waals surface area contributed by atoms with Crippen molar-refractivity contribution >= 4 is 22.7 Å². The predicted octanol–water partition coefficient (Wildman–Crippen LogP) is 3.94. The van der Waals surface area contributed by atoms with Crippen molar-refractivity contribution in [3.8, 4) is 0 Å². The molecule has 0 aliphatic heterocycles. The summed E-state index contributed by atoms with van der Waals surface area (Å²) in [6.45, 7) is 0.702. The molecule has 2 atom stereocenters. The lowest BCUT2D eigenvalue weighted by atomic mass is 10.1. The van der Waals surface area contributed by atoms with E-state index < -0.39 is 12.3 Å². The van der Waals surface area contributed by atoms with Crippen LogP contribution in [0.3, 0.4) is 0 Å². The molecule has 28 heavy (non-hydrogen) atoms. The normalized spacial score (nSPS) is 13.1. The summed E-state index contributed by atoms with van der Waals surface area (Å²) in [5, 5.41) is 32.0. The second-order valence-electron chi connectivity index (χ2n) is 5.98. The highest BCUT2D eigenvalue weighted by Crippen LogP contribution is 2.21. The highest BCUT2D eigenvalue weighted by molar-refractivity contribution is 7.10. The maximum Gasteiger partial charge on any atom is 0.301 e. The van der Waals surface area contributed by atoms with Crippen molar-refractivity contribution in [2.24, 2.45) is 0 Å². The van der Waals surface area contributed by atoms with Gasteiger partial charge >= 0.3 is 12.3 Å². The quantitative estimate of drug-likeness (QED) is 0.293. The first-order chi connectivity index (χ1) is 13.5. The van der Waals surface area contributed by atoms with Gasteiger partial charge in [-0.25, -0.2) is 10.6 Å². The number of nitro groups is 2. The molecule has 3 aromatic rings. The molecular weight excluding hydrogens is 400 g/mol. The standard InChI is InChI=1S/C18H18N4O4S2/c23-21(24)17(15-3-1-9-27-15)19-11-13-5-7-14(8-6-13)12-20-18(22(25)26)16-4-2-10-28-16/h1-10,17-20H,11-12H2. The molecule has 2 N–H and O–H groups in total. The molecule has 10 heteroatoms. The monoisotopic (exact) mass is 418 g/mol. The van der Waals surface area contributed by atoms with Crippen LogP contribution in [0.25, 0.3) is 0 Å². The van der Waals surface area contributed by atoms with Crippen molar-refractivity contribution in [3.63, 3.8) is 0 Å². The van der Waals surface area contributed by atoms with Gasteiger partial charge < -0.3 is 0 Å². The molecule has 2 heterocycles. The summed E-state index contributed by atoms with van der Waals surface area (Å²) in [6, 6.07) is 14.5. The topological polar surface area (TPSA) is 110 Å². The number of hydrogen-bond donors (Lipinski definition) is 2. The minimum Gasteiger partial charge on any atom is -0.262 e. The van der Waals surface area contributed by atoms with Crippen molar-refractivity contribution in [1.29, 1.82) is 0 Å². The summed E-state index contributed by atoms with van der Waals surface area (Å²) in [4.78, 5) is 23.2. The van der Waals surface area contributed by atoms with Crippen LogP contribution in [0, 0.1) is 20.2 Å². The minimum atomic E-state index is -0.937. The van der Waals surface area contributed by atoms with E-state index >= 15 is 0 Å². The fourth-order valence-corrected chi connectivity index (χ4v) is 4.20. The Bertz CT molecular complexity index is 823. The Morgan fingerprint density at radius 3 is 1.43 bits per heavy atom. The molecule has 1 aromatic carbocycles. The maximum atomic E-state index is 11.3. The lowest BCUT2D eigenvalue weighted by molar-refractivity contribution is -0.536. The summed E-state index contributed by atoms with van der Waals surface area (Å²) in [5.74, 6) is 0. The number of rotatable bonds is 10. The third-order valence-electron chi connectivity index (χ3n) is 4.07. The Morgan fingerprint density at radius 2 is 1.14 bits per heavy atom. The van der Waals surface area contributed by atoms with Crippen molar-refractivity contribution in [2.45, 2.75) is 25.4 Å². The van der Waals surface area contributed by atoms with E-state index in [4.69, 9.17) is 0 Å². The molecule has 0 saturated heterocycles. The zero-order chi connectivity index (χ0) is 19.9. The van der Waals surface area contributed by atoms with E-state index in [1.54, 1.807) is 24.3 Å². The first kappa shape index (κ1) is 20.1. The fraction of sp³-hybridized carbons (Fsp3) is 0.222. The molecule has 2 unspecified atom stereocenters. The third kappa shape index (κ3) is 5.20. The van der Waals surface area contributed by atoms with Crippen LogP contribution in [0.15, 0.2) is 59.3 Å². The molecule has 2 aromatic heterocycles. The molecule has 0 spiro atoms. The van der Waals surface area contributed by atoms with Gasteiger partial charge in [-0.1, -0.05) is 36.4 Å². The molecule has 0 aliphatic rings.